The first-order valence-electron chi connectivity index (χ1n) is 9.83. The summed E-state index contributed by atoms with van der Waals surface area (Å²) < 4.78 is 2.01. The van der Waals surface area contributed by atoms with Crippen LogP contribution < -0.4 is 5.32 Å². The molecule has 4 heterocycles. The van der Waals surface area contributed by atoms with E-state index in [-0.39, 0.29) is 18.3 Å². The van der Waals surface area contributed by atoms with Crippen LogP contribution in [0.15, 0.2) is 12.3 Å². The highest BCUT2D eigenvalue weighted by atomic mass is 35.5. The molecule has 1 aromatic heterocycles. The lowest BCUT2D eigenvalue weighted by molar-refractivity contribution is 0.0625. The highest BCUT2D eigenvalue weighted by molar-refractivity contribution is 5.92. The molecule has 1 aromatic rings. The van der Waals surface area contributed by atoms with Gasteiger partial charge in [0, 0.05) is 25.3 Å². The minimum absolute atomic E-state index is 0. The Hall–Kier alpha value is -1.07. The average Bonchev–Trinajstić information content (AvgIpc) is 3.01. The summed E-state index contributed by atoms with van der Waals surface area (Å²) in [6.45, 7) is 3.03. The minimum Gasteiger partial charge on any atom is -0.334 e. The van der Waals surface area contributed by atoms with E-state index in [9.17, 15) is 4.79 Å². The van der Waals surface area contributed by atoms with Crippen LogP contribution in [0.5, 0.6) is 0 Å². The van der Waals surface area contributed by atoms with Crippen molar-refractivity contribution >= 4 is 18.3 Å². The summed E-state index contributed by atoms with van der Waals surface area (Å²) in [5, 5.41) is 8.10. The van der Waals surface area contributed by atoms with Crippen molar-refractivity contribution in [1.29, 1.82) is 0 Å². The Balaban J connectivity index is 0.00000157. The maximum Gasteiger partial charge on any atom is 0.274 e. The second-order valence-electron chi connectivity index (χ2n) is 8.57. The molecule has 5 fully saturated rings. The van der Waals surface area contributed by atoms with Crippen LogP contribution in [-0.4, -0.2) is 46.3 Å². The number of hydrogen-bond acceptors (Lipinski definition) is 3. The lowest BCUT2D eigenvalue weighted by Gasteiger charge is -2.38. The van der Waals surface area contributed by atoms with Crippen molar-refractivity contribution < 1.29 is 4.79 Å². The number of piperidine rings is 1. The van der Waals surface area contributed by atoms with E-state index < -0.39 is 0 Å². The van der Waals surface area contributed by atoms with Crippen molar-refractivity contribution in [2.24, 2.45) is 17.8 Å². The Morgan fingerprint density at radius 2 is 1.84 bits per heavy atom. The van der Waals surface area contributed by atoms with Gasteiger partial charge >= 0.3 is 0 Å². The first-order valence-corrected chi connectivity index (χ1v) is 9.83. The zero-order valence-electron chi connectivity index (χ0n) is 14.8. The van der Waals surface area contributed by atoms with E-state index in [1.54, 1.807) is 0 Å². The van der Waals surface area contributed by atoms with Crippen LogP contribution in [0.25, 0.3) is 0 Å². The normalized spacial score (nSPS) is 36.8. The Morgan fingerprint density at radius 1 is 1.08 bits per heavy atom. The van der Waals surface area contributed by atoms with Gasteiger partial charge in [-0.25, -0.2) is 0 Å². The molecular weight excluding hydrogens is 336 g/mol. The number of amides is 1. The molecule has 1 amide bonds. The zero-order valence-corrected chi connectivity index (χ0v) is 15.6. The second-order valence-corrected chi connectivity index (χ2v) is 8.57. The summed E-state index contributed by atoms with van der Waals surface area (Å²) in [5.41, 5.74) is 0.654. The van der Waals surface area contributed by atoms with Crippen LogP contribution in [0.4, 0.5) is 0 Å². The number of nitrogens with one attached hydrogen (secondary N) is 1. The lowest BCUT2D eigenvalue weighted by atomic mass is 9.68. The van der Waals surface area contributed by atoms with E-state index in [2.05, 4.69) is 15.3 Å². The monoisotopic (exact) mass is 364 g/mol. The van der Waals surface area contributed by atoms with Gasteiger partial charge in [0.1, 0.15) is 5.69 Å². The molecule has 0 radical (unpaired) electrons. The Morgan fingerprint density at radius 3 is 2.56 bits per heavy atom. The van der Waals surface area contributed by atoms with E-state index in [0.29, 0.717) is 17.8 Å². The highest BCUT2D eigenvalue weighted by Crippen LogP contribution is 2.47. The van der Waals surface area contributed by atoms with Crippen LogP contribution >= 0.6 is 12.4 Å². The van der Waals surface area contributed by atoms with Crippen LogP contribution in [0.1, 0.15) is 61.5 Å². The van der Waals surface area contributed by atoms with Crippen LogP contribution in [0.2, 0.25) is 0 Å². The molecule has 1 N–H and O–H groups in total. The summed E-state index contributed by atoms with van der Waals surface area (Å²) in [7, 11) is 0. The van der Waals surface area contributed by atoms with E-state index in [1.807, 2.05) is 16.9 Å². The first-order chi connectivity index (χ1) is 11.8. The smallest absolute Gasteiger partial charge is 0.274 e. The third-order valence-corrected chi connectivity index (χ3v) is 6.84. The Bertz CT molecular complexity index is 613. The molecule has 2 aliphatic carbocycles. The Labute approximate surface area is 155 Å². The van der Waals surface area contributed by atoms with Gasteiger partial charge in [0.15, 0.2) is 0 Å². The zero-order chi connectivity index (χ0) is 16.1. The molecule has 4 bridgehead atoms. The van der Waals surface area contributed by atoms with Crippen molar-refractivity contribution in [2.75, 3.05) is 19.6 Å². The van der Waals surface area contributed by atoms with Gasteiger partial charge < -0.3 is 10.2 Å². The standard InChI is InChI=1S/C19H28N4O.ClH/c24-19(18-3-5-23(21-18)16-2-1-4-20-11-16)22-12-15-7-13-6-14(8-15)10-17(22)9-13;/h3,5,13-17,20H,1-2,4,6-12H2;1H. The maximum atomic E-state index is 13.1. The molecule has 138 valence electrons. The number of aromatic nitrogens is 2. The topological polar surface area (TPSA) is 50.2 Å². The fourth-order valence-electron chi connectivity index (χ4n) is 5.89. The van der Waals surface area contributed by atoms with Crippen molar-refractivity contribution in [1.82, 2.24) is 20.0 Å². The lowest BCUT2D eigenvalue weighted by Crippen LogP contribution is -2.42. The minimum atomic E-state index is 0. The molecule has 3 unspecified atom stereocenters. The number of carbonyl (C=O) groups is 1. The predicted molar refractivity (Wildman–Crippen MR) is 99.0 cm³/mol. The summed E-state index contributed by atoms with van der Waals surface area (Å²) in [4.78, 5) is 15.3. The van der Waals surface area contributed by atoms with Crippen molar-refractivity contribution in [3.63, 3.8) is 0 Å². The van der Waals surface area contributed by atoms with Gasteiger partial charge in [-0.05, 0) is 75.3 Å². The third kappa shape index (κ3) is 3.21. The summed E-state index contributed by atoms with van der Waals surface area (Å²) >= 11 is 0. The largest absolute Gasteiger partial charge is 0.334 e. The van der Waals surface area contributed by atoms with Crippen LogP contribution in [0.3, 0.4) is 0 Å². The Kier molecular flexibility index (Phi) is 4.80. The molecule has 3 aliphatic heterocycles. The van der Waals surface area contributed by atoms with Gasteiger partial charge in [-0.1, -0.05) is 0 Å². The molecule has 2 saturated carbocycles. The van der Waals surface area contributed by atoms with Crippen molar-refractivity contribution in [3.8, 4) is 0 Å². The number of carbonyl (C=O) groups excluding carboxylic acids is 1. The molecule has 6 heteroatoms. The van der Waals surface area contributed by atoms with Gasteiger partial charge in [-0.2, -0.15) is 5.10 Å². The van der Waals surface area contributed by atoms with E-state index in [0.717, 1.165) is 43.8 Å². The number of halogens is 1. The van der Waals surface area contributed by atoms with Crippen molar-refractivity contribution in [2.45, 2.75) is 57.0 Å². The average molecular weight is 365 g/mol. The summed E-state index contributed by atoms with van der Waals surface area (Å²) in [6, 6.07) is 2.80. The first kappa shape index (κ1) is 17.3. The molecule has 0 spiro atoms. The SMILES string of the molecule is Cl.O=C(c1ccn(C2CCCNC2)n1)N1CC2CC3CC(C2)CC1C3. The number of fused-ring (bicyclic) bond motifs is 1. The van der Waals surface area contributed by atoms with Crippen LogP contribution in [0, 0.1) is 17.8 Å². The number of hydrogen-bond donors (Lipinski definition) is 1. The molecule has 5 nitrogen and oxygen atoms in total. The maximum absolute atomic E-state index is 13.1. The molecule has 3 atom stereocenters. The third-order valence-electron chi connectivity index (χ3n) is 6.84. The summed E-state index contributed by atoms with van der Waals surface area (Å²) in [6.07, 6.45) is 10.9. The highest BCUT2D eigenvalue weighted by Gasteiger charge is 2.44. The van der Waals surface area contributed by atoms with E-state index in [1.165, 1.54) is 38.5 Å². The van der Waals surface area contributed by atoms with Gasteiger partial charge in [0.05, 0.1) is 6.04 Å². The predicted octanol–water partition coefficient (Wildman–Crippen LogP) is 2.88. The van der Waals surface area contributed by atoms with Gasteiger partial charge in [-0.15, -0.1) is 12.4 Å². The van der Waals surface area contributed by atoms with E-state index >= 15 is 0 Å². The molecule has 3 saturated heterocycles. The van der Waals surface area contributed by atoms with Gasteiger partial charge in [0.2, 0.25) is 0 Å². The second kappa shape index (κ2) is 6.92. The number of nitrogens with zero attached hydrogens (tertiary/aromatic N) is 3. The number of rotatable bonds is 2. The molecule has 0 aromatic carbocycles. The molecule has 6 rings (SSSR count). The molecule has 25 heavy (non-hydrogen) atoms. The molecule has 5 aliphatic rings. The fourth-order valence-corrected chi connectivity index (χ4v) is 5.89. The van der Waals surface area contributed by atoms with Crippen LogP contribution in [-0.2, 0) is 0 Å². The summed E-state index contributed by atoms with van der Waals surface area (Å²) in [5.74, 6) is 2.65. The molecular formula is C19H29ClN4O. The van der Waals surface area contributed by atoms with Gasteiger partial charge in [0.25, 0.3) is 5.91 Å². The van der Waals surface area contributed by atoms with Gasteiger partial charge in [-0.3, -0.25) is 9.48 Å². The quantitative estimate of drug-likeness (QED) is 0.877. The van der Waals surface area contributed by atoms with E-state index in [4.69, 9.17) is 0 Å². The van der Waals surface area contributed by atoms with Crippen molar-refractivity contribution in [3.05, 3.63) is 18.0 Å². The fraction of sp³-hybridized carbons (Fsp3) is 0.789.